The van der Waals surface area contributed by atoms with Crippen LogP contribution in [-0.2, 0) is 10.0 Å². The van der Waals surface area contributed by atoms with Crippen molar-refractivity contribution in [2.45, 2.75) is 30.3 Å². The molecule has 0 spiro atoms. The average Bonchev–Trinajstić information content (AvgIpc) is 2.31. The minimum atomic E-state index is -3.75. The summed E-state index contributed by atoms with van der Waals surface area (Å²) in [4.78, 5) is 13.3. The maximum absolute atomic E-state index is 12.4. The number of hydrogen-bond donors (Lipinski definition) is 2. The van der Waals surface area contributed by atoms with Crippen LogP contribution >= 0.6 is 11.6 Å². The zero-order valence-electron chi connectivity index (χ0n) is 10.4. The Balaban J connectivity index is 2.36. The lowest BCUT2D eigenvalue weighted by Gasteiger charge is -2.35. The quantitative estimate of drug-likeness (QED) is 0.835. The van der Waals surface area contributed by atoms with Crippen LogP contribution in [0, 0.1) is 0 Å². The summed E-state index contributed by atoms with van der Waals surface area (Å²) in [5.41, 5.74) is -1.57. The van der Waals surface area contributed by atoms with E-state index in [-0.39, 0.29) is 16.5 Å². The van der Waals surface area contributed by atoms with Gasteiger partial charge < -0.3 is 10.1 Å². The van der Waals surface area contributed by atoms with Crippen molar-refractivity contribution >= 4 is 21.6 Å². The van der Waals surface area contributed by atoms with Gasteiger partial charge in [-0.3, -0.25) is 4.79 Å². The summed E-state index contributed by atoms with van der Waals surface area (Å²) in [7, 11) is -3.75. The van der Waals surface area contributed by atoms with Gasteiger partial charge in [-0.2, -0.15) is 4.31 Å². The minimum Gasteiger partial charge on any atom is -0.389 e. The molecule has 2 heterocycles. The van der Waals surface area contributed by atoms with Crippen molar-refractivity contribution in [1.29, 1.82) is 0 Å². The number of halogens is 1. The summed E-state index contributed by atoms with van der Waals surface area (Å²) in [6.07, 6.45) is 2.27. The third-order valence-corrected chi connectivity index (χ3v) is 5.21. The summed E-state index contributed by atoms with van der Waals surface area (Å²) in [6, 6.07) is 1.12. The van der Waals surface area contributed by atoms with Crippen molar-refractivity contribution in [2.75, 3.05) is 13.1 Å². The number of sulfonamides is 1. The van der Waals surface area contributed by atoms with Gasteiger partial charge in [0.05, 0.1) is 10.5 Å². The first-order valence-corrected chi connectivity index (χ1v) is 7.65. The average molecular weight is 307 g/mol. The highest BCUT2D eigenvalue weighted by atomic mass is 35.5. The van der Waals surface area contributed by atoms with Gasteiger partial charge in [-0.15, -0.1) is 0 Å². The number of nitrogens with one attached hydrogen (secondary N) is 1. The van der Waals surface area contributed by atoms with Gasteiger partial charge in [0.15, 0.2) is 0 Å². The number of rotatable bonds is 2. The summed E-state index contributed by atoms with van der Waals surface area (Å²) in [5.74, 6) is 0. The molecule has 106 valence electrons. The number of aliphatic hydroxyl groups is 1. The lowest BCUT2D eigenvalue weighted by molar-refractivity contribution is 0.00939. The fraction of sp³-hybridized carbons (Fsp3) is 0.545. The summed E-state index contributed by atoms with van der Waals surface area (Å²) in [5, 5.41) is 9.79. The van der Waals surface area contributed by atoms with E-state index in [2.05, 4.69) is 4.98 Å². The summed E-state index contributed by atoms with van der Waals surface area (Å²) in [6.45, 7) is 1.98. The number of hydrogen-bond acceptors (Lipinski definition) is 4. The summed E-state index contributed by atoms with van der Waals surface area (Å²) >= 11 is 5.64. The van der Waals surface area contributed by atoms with Gasteiger partial charge in [0, 0.05) is 19.3 Å². The molecular weight excluding hydrogens is 292 g/mol. The zero-order chi connectivity index (χ0) is 14.3. The molecule has 1 atom stereocenters. The molecule has 1 unspecified atom stereocenters. The van der Waals surface area contributed by atoms with Crippen LogP contribution in [0.15, 0.2) is 22.0 Å². The smallest absolute Gasteiger partial charge is 0.266 e. The number of pyridine rings is 1. The molecule has 6 nitrogen and oxygen atoms in total. The normalized spacial score (nSPS) is 25.4. The van der Waals surface area contributed by atoms with Crippen LogP contribution in [0.2, 0.25) is 5.02 Å². The third-order valence-electron chi connectivity index (χ3n) is 3.11. The number of H-pyrrole nitrogens is 1. The van der Waals surface area contributed by atoms with E-state index in [1.807, 2.05) is 0 Å². The van der Waals surface area contributed by atoms with E-state index in [1.54, 1.807) is 6.92 Å². The standard InChI is InChI=1S/C11H15ClN2O4S/c1-11(16)3-2-4-14(7-11)19(17,18)8-5-9(12)10(15)13-6-8/h5-6,16H,2-4,7H2,1H3,(H,13,15). The highest BCUT2D eigenvalue weighted by Gasteiger charge is 2.35. The van der Waals surface area contributed by atoms with E-state index in [0.717, 1.165) is 12.3 Å². The predicted molar refractivity (Wildman–Crippen MR) is 70.7 cm³/mol. The fourth-order valence-electron chi connectivity index (χ4n) is 2.12. The first-order chi connectivity index (χ1) is 8.72. The molecule has 1 aromatic heterocycles. The Labute approximate surface area is 116 Å². The lowest BCUT2D eigenvalue weighted by atomic mass is 9.97. The highest BCUT2D eigenvalue weighted by Crippen LogP contribution is 2.26. The number of nitrogens with zero attached hydrogens (tertiary/aromatic N) is 1. The van der Waals surface area contributed by atoms with Crippen molar-refractivity contribution in [2.24, 2.45) is 0 Å². The van der Waals surface area contributed by atoms with Crippen LogP contribution < -0.4 is 5.56 Å². The van der Waals surface area contributed by atoms with Crippen LogP contribution in [0.25, 0.3) is 0 Å². The number of piperidine rings is 1. The topological polar surface area (TPSA) is 90.5 Å². The molecule has 0 saturated carbocycles. The van der Waals surface area contributed by atoms with Gasteiger partial charge in [0.2, 0.25) is 10.0 Å². The van der Waals surface area contributed by atoms with Gasteiger partial charge >= 0.3 is 0 Å². The second-order valence-corrected chi connectivity index (χ2v) is 7.30. The molecular formula is C11H15ClN2O4S. The van der Waals surface area contributed by atoms with E-state index in [4.69, 9.17) is 11.6 Å². The molecule has 1 saturated heterocycles. The molecule has 2 rings (SSSR count). The molecule has 8 heteroatoms. The van der Waals surface area contributed by atoms with Crippen molar-refractivity contribution in [3.8, 4) is 0 Å². The molecule has 0 bridgehead atoms. The molecule has 0 amide bonds. The lowest BCUT2D eigenvalue weighted by Crippen LogP contribution is -2.48. The molecule has 0 aliphatic carbocycles. The molecule has 1 aliphatic rings. The van der Waals surface area contributed by atoms with Gasteiger partial charge in [-0.05, 0) is 25.8 Å². The van der Waals surface area contributed by atoms with E-state index >= 15 is 0 Å². The van der Waals surface area contributed by atoms with E-state index in [9.17, 15) is 18.3 Å². The van der Waals surface area contributed by atoms with Crippen molar-refractivity contribution in [1.82, 2.24) is 9.29 Å². The number of aromatic nitrogens is 1. The van der Waals surface area contributed by atoms with Gasteiger partial charge in [0.25, 0.3) is 5.56 Å². The predicted octanol–water partition coefficient (Wildman–Crippen LogP) is 0.564. The highest BCUT2D eigenvalue weighted by molar-refractivity contribution is 7.89. The van der Waals surface area contributed by atoms with Gasteiger partial charge in [-0.1, -0.05) is 11.6 Å². The van der Waals surface area contributed by atoms with Crippen LogP contribution in [0.3, 0.4) is 0 Å². The molecule has 2 N–H and O–H groups in total. The minimum absolute atomic E-state index is 0.0338. The van der Waals surface area contributed by atoms with Crippen LogP contribution in [-0.4, -0.2) is 41.5 Å². The van der Waals surface area contributed by atoms with Gasteiger partial charge in [-0.25, -0.2) is 8.42 Å². The van der Waals surface area contributed by atoms with E-state index in [1.165, 1.54) is 4.31 Å². The second kappa shape index (κ2) is 4.90. The Morgan fingerprint density at radius 3 is 2.79 bits per heavy atom. The second-order valence-electron chi connectivity index (χ2n) is 4.95. The maximum atomic E-state index is 12.4. The molecule has 1 fully saturated rings. The van der Waals surface area contributed by atoms with E-state index in [0.29, 0.717) is 19.4 Å². The SMILES string of the molecule is CC1(O)CCCN(S(=O)(=O)c2c[nH]c(=O)c(Cl)c2)C1. The molecule has 0 aromatic carbocycles. The van der Waals surface area contributed by atoms with Crippen molar-refractivity contribution < 1.29 is 13.5 Å². The number of aromatic amines is 1. The molecule has 19 heavy (non-hydrogen) atoms. The largest absolute Gasteiger partial charge is 0.389 e. The maximum Gasteiger partial charge on any atom is 0.266 e. The molecule has 0 radical (unpaired) electrons. The Bertz CT molecular complexity index is 638. The van der Waals surface area contributed by atoms with Crippen molar-refractivity contribution in [3.05, 3.63) is 27.6 Å². The first-order valence-electron chi connectivity index (χ1n) is 5.83. The van der Waals surface area contributed by atoms with Crippen LogP contribution in [0.4, 0.5) is 0 Å². The molecule has 1 aromatic rings. The number of β-amino-alcohol motifs (C(OH)–C–C–N with tert-alkyl or cyclic N) is 1. The third kappa shape index (κ3) is 3.00. The van der Waals surface area contributed by atoms with Crippen LogP contribution in [0.1, 0.15) is 19.8 Å². The van der Waals surface area contributed by atoms with E-state index < -0.39 is 21.2 Å². The Morgan fingerprint density at radius 2 is 2.21 bits per heavy atom. The van der Waals surface area contributed by atoms with Crippen LogP contribution in [0.5, 0.6) is 0 Å². The first kappa shape index (κ1) is 14.5. The Morgan fingerprint density at radius 1 is 1.53 bits per heavy atom. The Hall–Kier alpha value is -0.890. The Kier molecular flexibility index (Phi) is 3.74. The zero-order valence-corrected chi connectivity index (χ0v) is 12.0. The monoisotopic (exact) mass is 306 g/mol. The fourth-order valence-corrected chi connectivity index (χ4v) is 3.94. The van der Waals surface area contributed by atoms with Crippen molar-refractivity contribution in [3.63, 3.8) is 0 Å². The molecule has 1 aliphatic heterocycles. The summed E-state index contributed by atoms with van der Waals surface area (Å²) < 4.78 is 26.0. The van der Waals surface area contributed by atoms with Gasteiger partial charge in [0.1, 0.15) is 5.02 Å².